The Morgan fingerprint density at radius 3 is 0.950 bits per heavy atom. The summed E-state index contributed by atoms with van der Waals surface area (Å²) in [5.74, 6) is -0.0625. The molecule has 0 atom stereocenters. The van der Waals surface area contributed by atoms with E-state index in [1.54, 1.807) is 27.7 Å². The largest absolute Gasteiger partial charge is 0.512 e. The van der Waals surface area contributed by atoms with E-state index < -0.39 is 0 Å². The number of aliphatic hydroxyl groups is 5. The third-order valence-electron chi connectivity index (χ3n) is 0.412. The predicted molar refractivity (Wildman–Crippen MR) is 78.1 cm³/mol. The van der Waals surface area contributed by atoms with E-state index in [0.717, 1.165) is 0 Å². The summed E-state index contributed by atoms with van der Waals surface area (Å²) in [7, 11) is 0. The van der Waals surface area contributed by atoms with Crippen molar-refractivity contribution in [3.05, 3.63) is 11.8 Å². The van der Waals surface area contributed by atoms with Crippen LogP contribution in [0.15, 0.2) is 11.8 Å². The first-order valence-electron chi connectivity index (χ1n) is 6.10. The normalized spacial score (nSPS) is 7.60. The standard InChI is InChI=1S/C5H8O2.4C2H6O.Ta/c1-4(6)3-5(2)7;4*1-2-3;/h3,6H,1-2H3;4*3H,2H2,1H3;/b4-3+;;;;;. The van der Waals surface area contributed by atoms with E-state index in [1.807, 2.05) is 0 Å². The molecule has 0 saturated carbocycles. The molecule has 6 nitrogen and oxygen atoms in total. The summed E-state index contributed by atoms with van der Waals surface area (Å²) in [6.45, 7) is 10.6. The number of rotatable bonds is 1. The van der Waals surface area contributed by atoms with Crippen LogP contribution in [-0.2, 0) is 27.2 Å². The van der Waals surface area contributed by atoms with Gasteiger partial charge in [-0.15, -0.1) is 0 Å². The van der Waals surface area contributed by atoms with E-state index in [4.69, 9.17) is 25.5 Å². The SMILES string of the molecule is CC(=O)/C=C(\C)O.CCO.CCO.CCO.CCO.[Ta]. The molecule has 7 heteroatoms. The van der Waals surface area contributed by atoms with Crippen molar-refractivity contribution < 1.29 is 52.7 Å². The van der Waals surface area contributed by atoms with Crippen molar-refractivity contribution in [1.82, 2.24) is 0 Å². The van der Waals surface area contributed by atoms with Gasteiger partial charge in [-0.25, -0.2) is 0 Å². The van der Waals surface area contributed by atoms with Crippen LogP contribution in [0.5, 0.6) is 0 Å². The molecule has 1 radical (unpaired) electrons. The number of carbonyl (C=O) groups excluding carboxylic acids is 1. The van der Waals surface area contributed by atoms with Crippen molar-refractivity contribution in [2.75, 3.05) is 26.4 Å². The molecule has 0 spiro atoms. The Morgan fingerprint density at radius 2 is 0.950 bits per heavy atom. The first-order valence-corrected chi connectivity index (χ1v) is 6.10. The van der Waals surface area contributed by atoms with Crippen molar-refractivity contribution in [3.8, 4) is 0 Å². The van der Waals surface area contributed by atoms with Crippen LogP contribution in [0.1, 0.15) is 41.5 Å². The minimum Gasteiger partial charge on any atom is -0.512 e. The molecule has 0 heterocycles. The van der Waals surface area contributed by atoms with Gasteiger partial charge in [0.25, 0.3) is 0 Å². The van der Waals surface area contributed by atoms with Crippen LogP contribution in [0.2, 0.25) is 0 Å². The van der Waals surface area contributed by atoms with Crippen molar-refractivity contribution in [2.45, 2.75) is 41.5 Å². The predicted octanol–water partition coefficient (Wildman–Crippen LogP) is 1.03. The average Bonchev–Trinajstić information content (AvgIpc) is 2.19. The molecule has 0 amide bonds. The smallest absolute Gasteiger partial charge is 0.155 e. The van der Waals surface area contributed by atoms with Gasteiger partial charge in [0.2, 0.25) is 0 Å². The summed E-state index contributed by atoms with van der Waals surface area (Å²) >= 11 is 0. The molecule has 0 bridgehead atoms. The van der Waals surface area contributed by atoms with Gasteiger partial charge in [-0.3, -0.25) is 4.79 Å². The Balaban J connectivity index is -0.0000000326. The Morgan fingerprint density at radius 1 is 0.800 bits per heavy atom. The third-order valence-corrected chi connectivity index (χ3v) is 0.412. The maximum absolute atomic E-state index is 10.0. The molecule has 0 fully saturated rings. The molecule has 0 rings (SSSR count). The fourth-order valence-electron chi connectivity index (χ4n) is 0.294. The van der Waals surface area contributed by atoms with Gasteiger partial charge in [-0.05, 0) is 41.5 Å². The summed E-state index contributed by atoms with van der Waals surface area (Å²) in [6, 6.07) is 0. The van der Waals surface area contributed by atoms with Crippen molar-refractivity contribution in [3.63, 3.8) is 0 Å². The third kappa shape index (κ3) is 349. The monoisotopic (exact) mass is 465 g/mol. The Hall–Kier alpha value is -0.210. The zero-order valence-corrected chi connectivity index (χ0v) is 16.7. The van der Waals surface area contributed by atoms with Crippen molar-refractivity contribution in [2.24, 2.45) is 0 Å². The molecule has 125 valence electrons. The zero-order chi connectivity index (χ0) is 16.7. The number of allylic oxidation sites excluding steroid dienone is 2. The quantitative estimate of drug-likeness (QED) is 0.292. The molecular weight excluding hydrogens is 433 g/mol. The Kier molecular flexibility index (Phi) is 93.8. The minimum atomic E-state index is -0.125. The summed E-state index contributed by atoms with van der Waals surface area (Å²) in [5.41, 5.74) is 0. The second-order valence-electron chi connectivity index (χ2n) is 2.66. The molecule has 5 N–H and O–H groups in total. The van der Waals surface area contributed by atoms with Gasteiger partial charge < -0.3 is 25.5 Å². The van der Waals surface area contributed by atoms with E-state index in [2.05, 4.69) is 0 Å². The molecule has 0 aliphatic rings. The van der Waals surface area contributed by atoms with E-state index >= 15 is 0 Å². The Labute approximate surface area is 138 Å². The van der Waals surface area contributed by atoms with E-state index in [1.165, 1.54) is 19.9 Å². The fourth-order valence-corrected chi connectivity index (χ4v) is 0.294. The van der Waals surface area contributed by atoms with E-state index in [9.17, 15) is 4.79 Å². The molecule has 0 saturated heterocycles. The molecule has 0 unspecified atom stereocenters. The van der Waals surface area contributed by atoms with Crippen molar-refractivity contribution >= 4 is 5.78 Å². The second-order valence-corrected chi connectivity index (χ2v) is 2.66. The summed E-state index contributed by atoms with van der Waals surface area (Å²) in [6.07, 6.45) is 1.17. The average molecular weight is 465 g/mol. The molecule has 0 aromatic rings. The number of ketones is 1. The van der Waals surface area contributed by atoms with Crippen molar-refractivity contribution in [1.29, 1.82) is 0 Å². The van der Waals surface area contributed by atoms with E-state index in [-0.39, 0.29) is 60.4 Å². The van der Waals surface area contributed by atoms with Crippen LogP contribution < -0.4 is 0 Å². The topological polar surface area (TPSA) is 118 Å². The number of hydrogen-bond donors (Lipinski definition) is 5. The molecule has 0 aliphatic carbocycles. The minimum absolute atomic E-state index is 0. The van der Waals surface area contributed by atoms with Gasteiger partial charge in [0.1, 0.15) is 0 Å². The van der Waals surface area contributed by atoms with Gasteiger partial charge in [-0.2, -0.15) is 0 Å². The number of hydrogen-bond acceptors (Lipinski definition) is 6. The summed E-state index contributed by atoms with van der Waals surface area (Å²) in [4.78, 5) is 10.0. The second kappa shape index (κ2) is 51.1. The van der Waals surface area contributed by atoms with Crippen LogP contribution in [0.4, 0.5) is 0 Å². The van der Waals surface area contributed by atoms with Gasteiger partial charge in [0, 0.05) is 54.9 Å². The zero-order valence-electron chi connectivity index (χ0n) is 13.5. The van der Waals surface area contributed by atoms with Crippen LogP contribution >= 0.6 is 0 Å². The van der Waals surface area contributed by atoms with E-state index in [0.29, 0.717) is 0 Å². The maximum Gasteiger partial charge on any atom is 0.155 e. The van der Waals surface area contributed by atoms with Gasteiger partial charge >= 0.3 is 0 Å². The number of aliphatic hydroxyl groups excluding tert-OH is 5. The maximum atomic E-state index is 10.0. The number of carbonyl (C=O) groups is 1. The molecule has 0 aromatic carbocycles. The fraction of sp³-hybridized carbons (Fsp3) is 0.769. The molecule has 20 heavy (non-hydrogen) atoms. The Bertz CT molecular complexity index is 151. The van der Waals surface area contributed by atoms with Crippen LogP contribution in [0.3, 0.4) is 0 Å². The molecular formula is C13H32O6Ta. The van der Waals surface area contributed by atoms with Gasteiger partial charge in [-0.1, -0.05) is 0 Å². The molecule has 0 aliphatic heterocycles. The van der Waals surface area contributed by atoms with Crippen LogP contribution in [0.25, 0.3) is 0 Å². The molecule has 0 aromatic heterocycles. The first kappa shape index (κ1) is 36.7. The summed E-state index contributed by atoms with van der Waals surface area (Å²) in [5, 5.41) is 38.6. The van der Waals surface area contributed by atoms with Gasteiger partial charge in [0.15, 0.2) is 5.78 Å². The van der Waals surface area contributed by atoms with Crippen LogP contribution in [0, 0.1) is 0 Å². The van der Waals surface area contributed by atoms with Crippen LogP contribution in [-0.4, -0.2) is 57.7 Å². The summed E-state index contributed by atoms with van der Waals surface area (Å²) < 4.78 is 0. The first-order chi connectivity index (χ1) is 8.78. The van der Waals surface area contributed by atoms with Gasteiger partial charge in [0.05, 0.1) is 5.76 Å².